The van der Waals surface area contributed by atoms with Crippen LogP contribution < -0.4 is 10.2 Å². The van der Waals surface area contributed by atoms with Crippen LogP contribution in [0.2, 0.25) is 0 Å². The molecular weight excluding hydrogens is 1090 g/mol. The van der Waals surface area contributed by atoms with E-state index >= 15 is 0 Å². The Bertz CT molecular complexity index is 1880. The van der Waals surface area contributed by atoms with Crippen molar-refractivity contribution in [2.75, 3.05) is 40.9 Å². The molecule has 0 bridgehead atoms. The monoisotopic (exact) mass is 1230 g/mol. The standard InChI is InChI=1S/C78H137N2O6P/c1-6-8-10-12-14-16-18-20-22-24-26-28-30-32-34-35-36-37-38-39-40-41-42-43-44-45-46-48-50-52-54-56-58-60-62-64-66-68-70-72-78(82)79-76(75-86-87(83,84)85-74-73-80(3,4)5)77(81)71-69-67-65-63-61-59-57-55-53-51-49-47-33-31-29-27-25-23-21-19-17-15-13-11-9-7-2/h8,10,14,16,20,22,26,28,32,34,36-37,39-40,42-43,45-46,50,52,56,58,76-77,81H,6-7,9,11-13,15,17-19,21,23-25,27,29-31,33,35,38,41,44,47-49,51,53-55,57,59-75H2,1-5H3,(H-,79,82,83,84)/b10-8-,16-14-,22-20-,28-26-,34-32-,37-36-,40-39-,43-42-,46-45-,52-50-,58-56-. The lowest BCUT2D eigenvalue weighted by Crippen LogP contribution is -2.46. The van der Waals surface area contributed by atoms with Gasteiger partial charge in [0.15, 0.2) is 0 Å². The summed E-state index contributed by atoms with van der Waals surface area (Å²) >= 11 is 0. The molecule has 8 nitrogen and oxygen atoms in total. The van der Waals surface area contributed by atoms with Crippen molar-refractivity contribution >= 4 is 13.7 Å². The number of aliphatic hydroxyl groups is 1. The van der Waals surface area contributed by atoms with Crippen LogP contribution in [0.3, 0.4) is 0 Å². The highest BCUT2D eigenvalue weighted by atomic mass is 31.2. The molecule has 0 aromatic rings. The van der Waals surface area contributed by atoms with E-state index in [2.05, 4.69) is 153 Å². The minimum absolute atomic E-state index is 0.00187. The van der Waals surface area contributed by atoms with E-state index in [9.17, 15) is 19.4 Å². The number of rotatable bonds is 65. The lowest BCUT2D eigenvalue weighted by atomic mass is 10.0. The molecular formula is C78H137N2O6P. The first kappa shape index (κ1) is 83.6. The number of hydrogen-bond acceptors (Lipinski definition) is 6. The van der Waals surface area contributed by atoms with E-state index in [0.29, 0.717) is 23.9 Å². The van der Waals surface area contributed by atoms with Crippen LogP contribution in [0.1, 0.15) is 303 Å². The van der Waals surface area contributed by atoms with Gasteiger partial charge >= 0.3 is 0 Å². The summed E-state index contributed by atoms with van der Waals surface area (Å²) in [6.07, 6.45) is 101. The van der Waals surface area contributed by atoms with Crippen molar-refractivity contribution in [1.29, 1.82) is 0 Å². The third kappa shape index (κ3) is 70.0. The molecule has 0 spiro atoms. The van der Waals surface area contributed by atoms with Gasteiger partial charge in [0, 0.05) is 6.42 Å². The van der Waals surface area contributed by atoms with E-state index < -0.39 is 20.0 Å². The number of carbonyl (C=O) groups is 1. The lowest BCUT2D eigenvalue weighted by molar-refractivity contribution is -0.870. The maximum absolute atomic E-state index is 13.1. The maximum atomic E-state index is 13.1. The number of amides is 1. The van der Waals surface area contributed by atoms with Gasteiger partial charge in [-0.25, -0.2) is 0 Å². The number of nitrogens with one attached hydrogen (secondary N) is 1. The number of phosphoric ester groups is 1. The van der Waals surface area contributed by atoms with Crippen molar-refractivity contribution in [3.8, 4) is 0 Å². The molecule has 0 heterocycles. The second kappa shape index (κ2) is 67.0. The molecule has 2 N–H and O–H groups in total. The summed E-state index contributed by atoms with van der Waals surface area (Å²) in [7, 11) is 1.28. The molecule has 9 heteroatoms. The first-order valence-electron chi connectivity index (χ1n) is 36.0. The third-order valence-electron chi connectivity index (χ3n) is 15.7. The van der Waals surface area contributed by atoms with Gasteiger partial charge in [-0.2, -0.15) is 0 Å². The molecule has 0 aliphatic heterocycles. The first-order chi connectivity index (χ1) is 42.5. The molecule has 0 fully saturated rings. The molecule has 0 aliphatic carbocycles. The molecule has 0 aromatic carbocycles. The Balaban J connectivity index is 4.15. The summed E-state index contributed by atoms with van der Waals surface area (Å²) in [5.74, 6) is -0.185. The number of likely N-dealkylation sites (N-methyl/N-ethyl adjacent to an activating group) is 1. The zero-order valence-corrected chi connectivity index (χ0v) is 58.1. The number of hydrogen-bond donors (Lipinski definition) is 2. The SMILES string of the molecule is CC/C=C\C/C=C\C/C=C\C/C=C\C/C=C\C/C=C\C/C=C\C/C=C\C/C=C\C/C=C\C/C=C\CCCCCCCC(=O)NC(COP(=O)([O-])OCC[N+](C)(C)C)C(O)CCCCCCCCCCCCCCCCCCCCCCCCCCCC. The fourth-order valence-electron chi connectivity index (χ4n) is 10.1. The second-order valence-electron chi connectivity index (χ2n) is 25.2. The Labute approximate surface area is 538 Å². The number of phosphoric acid groups is 1. The smallest absolute Gasteiger partial charge is 0.268 e. The van der Waals surface area contributed by atoms with Gasteiger partial charge < -0.3 is 28.8 Å². The number of carbonyl (C=O) groups excluding carboxylic acids is 1. The number of unbranched alkanes of at least 4 members (excludes halogenated alkanes) is 30. The second-order valence-corrected chi connectivity index (χ2v) is 26.6. The Morgan fingerprint density at radius 3 is 1.02 bits per heavy atom. The van der Waals surface area contributed by atoms with Crippen molar-refractivity contribution in [3.63, 3.8) is 0 Å². The predicted molar refractivity (Wildman–Crippen MR) is 380 cm³/mol. The van der Waals surface area contributed by atoms with Crippen molar-refractivity contribution in [3.05, 3.63) is 134 Å². The van der Waals surface area contributed by atoms with Gasteiger partial charge in [0.1, 0.15) is 13.2 Å². The van der Waals surface area contributed by atoms with Crippen LogP contribution in [-0.4, -0.2) is 68.5 Å². The number of aliphatic hydroxyl groups excluding tert-OH is 1. The largest absolute Gasteiger partial charge is 0.756 e. The molecule has 1 amide bonds. The van der Waals surface area contributed by atoms with E-state index in [1.54, 1.807) is 0 Å². The van der Waals surface area contributed by atoms with Gasteiger partial charge in [-0.1, -0.05) is 334 Å². The fourth-order valence-corrected chi connectivity index (χ4v) is 10.8. The Morgan fingerprint density at radius 2 is 0.701 bits per heavy atom. The Hall–Kier alpha value is -3.36. The highest BCUT2D eigenvalue weighted by molar-refractivity contribution is 7.45. The Kier molecular flexibility index (Phi) is 64.5. The third-order valence-corrected chi connectivity index (χ3v) is 16.6. The molecule has 0 rings (SSSR count). The van der Waals surface area contributed by atoms with Crippen LogP contribution in [0.25, 0.3) is 0 Å². The molecule has 87 heavy (non-hydrogen) atoms. The molecule has 0 saturated carbocycles. The average molecular weight is 1230 g/mol. The molecule has 3 atom stereocenters. The summed E-state index contributed by atoms with van der Waals surface area (Å²) in [6.45, 7) is 4.61. The van der Waals surface area contributed by atoms with Gasteiger partial charge in [-0.3, -0.25) is 9.36 Å². The predicted octanol–water partition coefficient (Wildman–Crippen LogP) is 22.8. The highest BCUT2D eigenvalue weighted by Crippen LogP contribution is 2.38. The quantitative estimate of drug-likeness (QED) is 0.0272. The van der Waals surface area contributed by atoms with Crippen LogP contribution in [0.15, 0.2) is 134 Å². The Morgan fingerprint density at radius 1 is 0.414 bits per heavy atom. The van der Waals surface area contributed by atoms with E-state index in [1.165, 1.54) is 148 Å². The van der Waals surface area contributed by atoms with Crippen LogP contribution in [0.4, 0.5) is 0 Å². The summed E-state index contributed by atoms with van der Waals surface area (Å²) < 4.78 is 23.5. The normalized spacial score (nSPS) is 14.4. The van der Waals surface area contributed by atoms with Crippen LogP contribution in [-0.2, 0) is 18.4 Å². The van der Waals surface area contributed by atoms with E-state index in [1.807, 2.05) is 21.1 Å². The zero-order chi connectivity index (χ0) is 63.4. The van der Waals surface area contributed by atoms with Crippen LogP contribution in [0.5, 0.6) is 0 Å². The van der Waals surface area contributed by atoms with E-state index in [0.717, 1.165) is 128 Å². The van der Waals surface area contributed by atoms with Crippen LogP contribution >= 0.6 is 7.82 Å². The molecule has 0 saturated heterocycles. The van der Waals surface area contributed by atoms with E-state index in [-0.39, 0.29) is 19.1 Å². The van der Waals surface area contributed by atoms with Gasteiger partial charge in [0.25, 0.3) is 7.82 Å². The van der Waals surface area contributed by atoms with Gasteiger partial charge in [0.2, 0.25) is 5.91 Å². The zero-order valence-electron chi connectivity index (χ0n) is 57.2. The van der Waals surface area contributed by atoms with Gasteiger partial charge in [-0.05, 0) is 96.3 Å². The molecule has 0 radical (unpaired) electrons. The lowest BCUT2D eigenvalue weighted by Gasteiger charge is -2.30. The fraction of sp³-hybridized carbons (Fsp3) is 0.705. The van der Waals surface area contributed by atoms with Gasteiger partial charge in [-0.15, -0.1) is 0 Å². The summed E-state index contributed by atoms with van der Waals surface area (Å²) in [5.41, 5.74) is 0. The summed E-state index contributed by atoms with van der Waals surface area (Å²) in [4.78, 5) is 25.7. The minimum atomic E-state index is -4.60. The van der Waals surface area contributed by atoms with Crippen LogP contribution in [0, 0.1) is 0 Å². The van der Waals surface area contributed by atoms with Gasteiger partial charge in [0.05, 0.1) is 39.9 Å². The van der Waals surface area contributed by atoms with Crippen molar-refractivity contribution in [1.82, 2.24) is 5.32 Å². The van der Waals surface area contributed by atoms with E-state index in [4.69, 9.17) is 9.05 Å². The van der Waals surface area contributed by atoms with Crippen molar-refractivity contribution in [2.45, 2.75) is 315 Å². The van der Waals surface area contributed by atoms with Crippen molar-refractivity contribution in [2.24, 2.45) is 0 Å². The molecule has 500 valence electrons. The highest BCUT2D eigenvalue weighted by Gasteiger charge is 2.24. The summed E-state index contributed by atoms with van der Waals surface area (Å²) in [5, 5.41) is 14.1. The topological polar surface area (TPSA) is 108 Å². The average Bonchev–Trinajstić information content (AvgIpc) is 3.69. The molecule has 3 unspecified atom stereocenters. The number of quaternary nitrogens is 1. The summed E-state index contributed by atoms with van der Waals surface area (Å²) in [6, 6.07) is -0.823. The minimum Gasteiger partial charge on any atom is -0.756 e. The molecule has 0 aromatic heterocycles. The maximum Gasteiger partial charge on any atom is 0.268 e. The molecule has 0 aliphatic rings. The first-order valence-corrected chi connectivity index (χ1v) is 37.5. The van der Waals surface area contributed by atoms with Crippen molar-refractivity contribution < 1.29 is 32.9 Å². The number of nitrogens with zero attached hydrogens (tertiary/aromatic N) is 1. The number of allylic oxidation sites excluding steroid dienone is 22.